The molecule has 13 aromatic carbocycles. The van der Waals surface area contributed by atoms with Crippen molar-refractivity contribution in [2.75, 3.05) is 0 Å². The number of hydrogen-bond donors (Lipinski definition) is 0. The molecule has 0 fully saturated rings. The summed E-state index contributed by atoms with van der Waals surface area (Å²) in [6.07, 6.45) is 7.64. The Balaban J connectivity index is 0.973. The van der Waals surface area contributed by atoms with Crippen molar-refractivity contribution in [3.63, 3.8) is 0 Å². The molecule has 0 saturated heterocycles. The largest absolute Gasteiger partial charge is 0.310 e. The smallest absolute Gasteiger partial charge is 0.252 e. The Morgan fingerprint density at radius 3 is 1.29 bits per heavy atom. The van der Waals surface area contributed by atoms with Crippen molar-refractivity contribution in [1.82, 2.24) is 43.2 Å². The molecule has 0 aliphatic carbocycles. The molecule has 10 heteroatoms. The van der Waals surface area contributed by atoms with Crippen LogP contribution in [-0.4, -0.2) is 49.9 Å². The number of rotatable bonds is 3. The van der Waals surface area contributed by atoms with Crippen molar-refractivity contribution < 1.29 is 0 Å². The maximum absolute atomic E-state index is 5.83. The second-order valence-electron chi connectivity index (χ2n) is 29.2. The molecule has 0 bridgehead atoms. The lowest BCUT2D eigenvalue weighted by Crippen LogP contribution is -2.59. The molecule has 0 radical (unpaired) electrons. The van der Waals surface area contributed by atoms with Crippen LogP contribution in [0.15, 0.2) is 243 Å². The molecule has 97 heavy (non-hydrogen) atoms. The van der Waals surface area contributed by atoms with Gasteiger partial charge in [0.2, 0.25) is 11.9 Å². The quantitative estimate of drug-likeness (QED) is 0.130. The van der Waals surface area contributed by atoms with Gasteiger partial charge >= 0.3 is 0 Å². The summed E-state index contributed by atoms with van der Waals surface area (Å²) < 4.78 is 9.69. The van der Waals surface area contributed by atoms with E-state index >= 15 is 0 Å². The van der Waals surface area contributed by atoms with Crippen LogP contribution in [0.4, 0.5) is 0 Å². The monoisotopic (exact) mass is 1240 g/mol. The van der Waals surface area contributed by atoms with E-state index in [1.54, 1.807) is 0 Å². The van der Waals surface area contributed by atoms with Gasteiger partial charge in [-0.05, 0) is 153 Å². The fourth-order valence-electron chi connectivity index (χ4n) is 17.8. The van der Waals surface area contributed by atoms with Crippen LogP contribution in [0.1, 0.15) is 52.7 Å². The van der Waals surface area contributed by atoms with Crippen LogP contribution in [-0.2, 0) is 10.8 Å². The maximum atomic E-state index is 5.83. The molecule has 0 unspecified atom stereocenters. The number of benzene rings is 13. The summed E-state index contributed by atoms with van der Waals surface area (Å²) in [5, 5.41) is 24.2. The van der Waals surface area contributed by atoms with Crippen LogP contribution in [0.25, 0.3) is 187 Å². The predicted molar refractivity (Wildman–Crippen MR) is 405 cm³/mol. The lowest BCUT2D eigenvalue weighted by atomic mass is 9.34. The third-order valence-corrected chi connectivity index (χ3v) is 22.0. The van der Waals surface area contributed by atoms with Crippen LogP contribution in [0, 0.1) is 0 Å². The van der Waals surface area contributed by atoms with E-state index in [0.29, 0.717) is 17.7 Å². The minimum absolute atomic E-state index is 0.0964. The topological polar surface area (TPSA) is 84.2 Å². The average Bonchev–Trinajstić information content (AvgIpc) is 1.54. The summed E-state index contributed by atoms with van der Waals surface area (Å²) in [4.78, 5) is 26.6. The lowest BCUT2D eigenvalue weighted by Gasteiger charge is -2.35. The number of aromatic nitrogens is 9. The predicted octanol–water partition coefficient (Wildman–Crippen LogP) is 19.4. The van der Waals surface area contributed by atoms with E-state index in [9.17, 15) is 0 Å². The van der Waals surface area contributed by atoms with Crippen molar-refractivity contribution in [3.8, 4) is 34.7 Å². The number of fused-ring (bicyclic) bond motifs is 30. The highest BCUT2D eigenvalue weighted by molar-refractivity contribution is 7.00. The summed E-state index contributed by atoms with van der Waals surface area (Å²) >= 11 is 0. The lowest BCUT2D eigenvalue weighted by molar-refractivity contribution is 0.590. The minimum atomic E-state index is -0.206. The standard InChI is InChI=1S/C87H58BN9/c1-86(2,3)48-31-33-70-61(41-48)63-42-49(87(4,5)6)43-66-81(63)94(70)74-39-47(83-91-84(96-68-29-17-15-25-56(68)64-45-89-37-35-71(64)96)93-85(92-83)97-69-30-18-16-26-57(69)65-46-90-38-36-72(65)97)40-75-80(74)88(66)67-44-62-55-24-10-8-20-51(55)53-22-12-14-28-59(53)77(62)79-78-73(95(75)82(67)79)34-32-60-54-23-9-7-19-50(54)52-21-11-13-27-58(52)76(60)78/h7-46H,1-6H3. The molecule has 20 aromatic rings. The maximum Gasteiger partial charge on any atom is 0.252 e. The average molecular weight is 1240 g/mol. The molecule has 0 N–H and O–H groups in total. The molecule has 454 valence electrons. The zero-order valence-corrected chi connectivity index (χ0v) is 54.2. The number of nitrogens with zero attached hydrogens (tertiary/aromatic N) is 9. The van der Waals surface area contributed by atoms with E-state index in [2.05, 4.69) is 288 Å². The van der Waals surface area contributed by atoms with Crippen LogP contribution < -0.4 is 16.4 Å². The molecule has 0 spiro atoms. The van der Waals surface area contributed by atoms with Crippen LogP contribution >= 0.6 is 0 Å². The van der Waals surface area contributed by atoms with Gasteiger partial charge in [0, 0.05) is 101 Å². The van der Waals surface area contributed by atoms with Gasteiger partial charge in [-0.1, -0.05) is 199 Å². The highest BCUT2D eigenvalue weighted by atomic mass is 15.3. The van der Waals surface area contributed by atoms with Gasteiger partial charge in [0.1, 0.15) is 0 Å². The Morgan fingerprint density at radius 2 is 0.732 bits per heavy atom. The van der Waals surface area contributed by atoms with Crippen molar-refractivity contribution >= 4 is 175 Å². The van der Waals surface area contributed by atoms with Crippen molar-refractivity contribution in [2.45, 2.75) is 52.4 Å². The van der Waals surface area contributed by atoms with Crippen LogP contribution in [0.2, 0.25) is 0 Å². The normalized spacial score (nSPS) is 13.2. The highest BCUT2D eigenvalue weighted by Gasteiger charge is 2.44. The SMILES string of the molecule is CC(C)(C)c1ccc2c(c1)c1cc(C(C)(C)C)cc3c1n2-c1cc(-c2nc(-n4c5ccccc5c5cnccc54)nc(-n4c5ccccc5c5cnccc54)n2)cc2c1B3c1cc3c4ccccc4c4ccccc4c3c3c4c5c6ccccc6c6ccccc6c5ccc4n-2c13. The molecular formula is C87H58BN9. The molecule has 0 amide bonds. The summed E-state index contributed by atoms with van der Waals surface area (Å²) in [6.45, 7) is 13.9. The Labute approximate surface area is 556 Å². The molecule has 9 nitrogen and oxygen atoms in total. The molecule has 2 aliphatic rings. The molecule has 9 heterocycles. The third-order valence-electron chi connectivity index (χ3n) is 22.0. The molecule has 2 aliphatic heterocycles. The van der Waals surface area contributed by atoms with E-state index in [-0.39, 0.29) is 17.5 Å². The van der Waals surface area contributed by atoms with E-state index < -0.39 is 0 Å². The zero-order chi connectivity index (χ0) is 64.2. The molecule has 7 aromatic heterocycles. The summed E-state index contributed by atoms with van der Waals surface area (Å²) in [7, 11) is 0. The summed E-state index contributed by atoms with van der Waals surface area (Å²) in [5.74, 6) is 1.55. The Kier molecular flexibility index (Phi) is 10.2. The van der Waals surface area contributed by atoms with Gasteiger partial charge in [-0.25, -0.2) is 0 Å². The first-order valence-electron chi connectivity index (χ1n) is 33.7. The van der Waals surface area contributed by atoms with E-state index in [0.717, 1.165) is 71.6 Å². The zero-order valence-electron chi connectivity index (χ0n) is 54.2. The number of pyridine rings is 2. The minimum Gasteiger partial charge on any atom is -0.310 e. The Bertz CT molecular complexity index is 6770. The van der Waals surface area contributed by atoms with Gasteiger partial charge in [0.05, 0.1) is 38.6 Å². The van der Waals surface area contributed by atoms with Crippen molar-refractivity contribution in [1.29, 1.82) is 0 Å². The second-order valence-corrected chi connectivity index (χ2v) is 29.2. The van der Waals surface area contributed by atoms with Gasteiger partial charge in [0.25, 0.3) is 6.71 Å². The van der Waals surface area contributed by atoms with E-state index in [1.165, 1.54) is 125 Å². The fraction of sp³-hybridized carbons (Fsp3) is 0.0920. The number of para-hydroxylation sites is 2. The molecule has 22 rings (SSSR count). The second kappa shape index (κ2) is 18.5. The van der Waals surface area contributed by atoms with Crippen molar-refractivity contribution in [3.05, 3.63) is 254 Å². The van der Waals surface area contributed by atoms with Crippen molar-refractivity contribution in [2.24, 2.45) is 0 Å². The van der Waals surface area contributed by atoms with Gasteiger partial charge in [-0.15, -0.1) is 0 Å². The van der Waals surface area contributed by atoms with E-state index in [1.807, 2.05) is 24.8 Å². The Hall–Kier alpha value is -12.0. The van der Waals surface area contributed by atoms with Crippen LogP contribution in [0.5, 0.6) is 0 Å². The molecular weight excluding hydrogens is 1180 g/mol. The first kappa shape index (κ1) is 53.4. The summed E-state index contributed by atoms with van der Waals surface area (Å²) in [5.41, 5.74) is 17.9. The third kappa shape index (κ3) is 6.90. The van der Waals surface area contributed by atoms with Gasteiger partial charge in [0.15, 0.2) is 5.82 Å². The fourth-order valence-corrected chi connectivity index (χ4v) is 17.8. The van der Waals surface area contributed by atoms with Gasteiger partial charge < -0.3 is 9.13 Å². The first-order valence-corrected chi connectivity index (χ1v) is 33.7. The summed E-state index contributed by atoms with van der Waals surface area (Å²) in [6, 6.07) is 82.3. The van der Waals surface area contributed by atoms with Gasteiger partial charge in [-0.2, -0.15) is 15.0 Å². The highest BCUT2D eigenvalue weighted by Crippen LogP contribution is 2.51. The molecule has 0 atom stereocenters. The molecule has 0 saturated carbocycles. The Morgan fingerprint density at radius 1 is 0.299 bits per heavy atom. The van der Waals surface area contributed by atoms with E-state index in [4.69, 9.17) is 15.0 Å². The first-order chi connectivity index (χ1) is 47.4. The van der Waals surface area contributed by atoms with Crippen LogP contribution in [0.3, 0.4) is 0 Å². The number of hydrogen-bond acceptors (Lipinski definition) is 5. The van der Waals surface area contributed by atoms with Gasteiger partial charge in [-0.3, -0.25) is 19.1 Å².